The van der Waals surface area contributed by atoms with Crippen LogP contribution in [0.5, 0.6) is 5.75 Å². The van der Waals surface area contributed by atoms with Gasteiger partial charge in [0.25, 0.3) is 5.91 Å². The normalized spacial score (nSPS) is 16.8. The van der Waals surface area contributed by atoms with E-state index in [1.54, 1.807) is 62.4 Å². The molecule has 0 saturated carbocycles. The van der Waals surface area contributed by atoms with Crippen LogP contribution < -0.4 is 14.8 Å². The van der Waals surface area contributed by atoms with E-state index < -0.39 is 15.3 Å². The lowest BCUT2D eigenvalue weighted by Crippen LogP contribution is -2.22. The van der Waals surface area contributed by atoms with Crippen molar-refractivity contribution < 1.29 is 22.7 Å². The zero-order valence-electron chi connectivity index (χ0n) is 15.8. The van der Waals surface area contributed by atoms with E-state index in [2.05, 4.69) is 10.0 Å². The van der Waals surface area contributed by atoms with Gasteiger partial charge in [-0.3, -0.25) is 9.52 Å². The number of nitrogens with one attached hydrogen (secondary N) is 2. The van der Waals surface area contributed by atoms with Crippen LogP contribution in [-0.2, 0) is 14.8 Å². The Labute approximate surface area is 165 Å². The topological polar surface area (TPSA) is 93.7 Å². The van der Waals surface area contributed by atoms with Gasteiger partial charge in [0.1, 0.15) is 11.9 Å². The van der Waals surface area contributed by atoms with E-state index >= 15 is 0 Å². The number of sulfonamides is 1. The fraction of sp³-hybridized carbons (Fsp3) is 0.350. The number of anilines is 2. The SMILES string of the molecule is CC(C)S(=O)(=O)Nc1ccc(C(=O)Nc2ccc(OC3CCOC3)cc2)cc1. The average molecular weight is 404 g/mol. The van der Waals surface area contributed by atoms with Gasteiger partial charge in [-0.1, -0.05) is 0 Å². The predicted octanol–water partition coefficient (Wildman–Crippen LogP) is 3.26. The standard InChI is InChI=1S/C20H24N2O5S/c1-14(2)28(24,25)22-17-5-3-15(4-6-17)20(23)21-16-7-9-18(10-8-16)27-19-11-12-26-13-19/h3-10,14,19,22H,11-13H2,1-2H3,(H,21,23). The minimum atomic E-state index is -3.42. The maximum Gasteiger partial charge on any atom is 0.255 e. The molecule has 1 fully saturated rings. The Morgan fingerprint density at radius 1 is 1.07 bits per heavy atom. The van der Waals surface area contributed by atoms with Crippen LogP contribution in [-0.4, -0.2) is 38.9 Å². The molecule has 1 atom stereocenters. The van der Waals surface area contributed by atoms with E-state index in [0.717, 1.165) is 18.8 Å². The Morgan fingerprint density at radius 3 is 2.29 bits per heavy atom. The van der Waals surface area contributed by atoms with Crippen LogP contribution in [0.25, 0.3) is 0 Å². The number of ether oxygens (including phenoxy) is 2. The number of benzene rings is 2. The van der Waals surface area contributed by atoms with E-state index in [1.807, 2.05) is 0 Å². The molecule has 8 heteroatoms. The molecule has 1 aliphatic heterocycles. The van der Waals surface area contributed by atoms with E-state index in [0.29, 0.717) is 23.5 Å². The lowest BCUT2D eigenvalue weighted by atomic mass is 10.2. The highest BCUT2D eigenvalue weighted by Crippen LogP contribution is 2.20. The van der Waals surface area contributed by atoms with Gasteiger partial charge in [-0.05, 0) is 62.4 Å². The van der Waals surface area contributed by atoms with Crippen LogP contribution in [0.1, 0.15) is 30.6 Å². The minimum absolute atomic E-state index is 0.0760. The summed E-state index contributed by atoms with van der Waals surface area (Å²) in [4.78, 5) is 12.4. The smallest absolute Gasteiger partial charge is 0.255 e. The lowest BCUT2D eigenvalue weighted by molar-refractivity contribution is 0.102. The molecule has 1 aliphatic rings. The van der Waals surface area contributed by atoms with Gasteiger partial charge in [-0.15, -0.1) is 0 Å². The van der Waals surface area contributed by atoms with Crippen molar-refractivity contribution in [1.82, 2.24) is 0 Å². The quantitative estimate of drug-likeness (QED) is 0.739. The molecule has 1 unspecified atom stereocenters. The Morgan fingerprint density at radius 2 is 1.71 bits per heavy atom. The fourth-order valence-electron chi connectivity index (χ4n) is 2.59. The molecule has 1 amide bonds. The molecular formula is C20H24N2O5S. The van der Waals surface area contributed by atoms with E-state index in [9.17, 15) is 13.2 Å². The van der Waals surface area contributed by atoms with Gasteiger partial charge in [-0.2, -0.15) is 0 Å². The van der Waals surface area contributed by atoms with Crippen molar-refractivity contribution in [1.29, 1.82) is 0 Å². The summed E-state index contributed by atoms with van der Waals surface area (Å²) < 4.78 is 37.3. The van der Waals surface area contributed by atoms with E-state index in [1.165, 1.54) is 0 Å². The molecule has 0 radical (unpaired) electrons. The molecule has 0 spiro atoms. The Balaban J connectivity index is 1.58. The fourth-order valence-corrected chi connectivity index (χ4v) is 3.29. The van der Waals surface area contributed by atoms with Crippen molar-refractivity contribution in [3.8, 4) is 5.75 Å². The van der Waals surface area contributed by atoms with Gasteiger partial charge in [-0.25, -0.2) is 8.42 Å². The summed E-state index contributed by atoms with van der Waals surface area (Å²) in [6, 6.07) is 13.4. The monoisotopic (exact) mass is 404 g/mol. The van der Waals surface area contributed by atoms with Crippen molar-refractivity contribution in [2.75, 3.05) is 23.3 Å². The van der Waals surface area contributed by atoms with Crippen molar-refractivity contribution in [2.24, 2.45) is 0 Å². The zero-order chi connectivity index (χ0) is 20.1. The first-order chi connectivity index (χ1) is 13.3. The summed E-state index contributed by atoms with van der Waals surface area (Å²) in [5.41, 5.74) is 1.49. The molecule has 0 aromatic heterocycles. The lowest BCUT2D eigenvalue weighted by Gasteiger charge is -2.13. The summed E-state index contributed by atoms with van der Waals surface area (Å²) in [6.45, 7) is 4.52. The van der Waals surface area contributed by atoms with Crippen molar-refractivity contribution >= 4 is 27.3 Å². The predicted molar refractivity (Wildman–Crippen MR) is 108 cm³/mol. The van der Waals surface area contributed by atoms with Gasteiger partial charge in [0, 0.05) is 23.4 Å². The van der Waals surface area contributed by atoms with Crippen molar-refractivity contribution in [3.63, 3.8) is 0 Å². The Bertz CT molecular complexity index is 903. The highest BCUT2D eigenvalue weighted by Gasteiger charge is 2.17. The molecule has 2 aromatic carbocycles. The third-order valence-electron chi connectivity index (χ3n) is 4.33. The summed E-state index contributed by atoms with van der Waals surface area (Å²) in [5.74, 6) is 0.450. The van der Waals surface area contributed by atoms with Gasteiger partial charge in [0.05, 0.1) is 18.5 Å². The maximum absolute atomic E-state index is 12.4. The molecule has 0 aliphatic carbocycles. The number of amides is 1. The van der Waals surface area contributed by atoms with Crippen LogP contribution in [0.4, 0.5) is 11.4 Å². The maximum atomic E-state index is 12.4. The molecule has 0 bridgehead atoms. The molecule has 28 heavy (non-hydrogen) atoms. The second-order valence-corrected chi connectivity index (χ2v) is 9.09. The molecule has 150 valence electrons. The van der Waals surface area contributed by atoms with Crippen molar-refractivity contribution in [3.05, 3.63) is 54.1 Å². The highest BCUT2D eigenvalue weighted by molar-refractivity contribution is 7.93. The largest absolute Gasteiger partial charge is 0.488 e. The highest BCUT2D eigenvalue weighted by atomic mass is 32.2. The molecule has 1 heterocycles. The summed E-state index contributed by atoms with van der Waals surface area (Å²) in [5, 5.41) is 2.27. The number of rotatable bonds is 7. The number of carbonyl (C=O) groups is 1. The molecule has 1 saturated heterocycles. The second kappa shape index (κ2) is 8.62. The third-order valence-corrected chi connectivity index (χ3v) is 6.09. The number of carbonyl (C=O) groups excluding carboxylic acids is 1. The minimum Gasteiger partial charge on any atom is -0.488 e. The van der Waals surface area contributed by atoms with Gasteiger partial charge in [0.15, 0.2) is 0 Å². The third kappa shape index (κ3) is 5.24. The summed E-state index contributed by atoms with van der Waals surface area (Å²) >= 11 is 0. The van der Waals surface area contributed by atoms with Crippen LogP contribution in [0, 0.1) is 0 Å². The van der Waals surface area contributed by atoms with Gasteiger partial charge >= 0.3 is 0 Å². The first-order valence-electron chi connectivity index (χ1n) is 9.11. The summed E-state index contributed by atoms with van der Waals surface area (Å²) in [7, 11) is -3.42. The molecular weight excluding hydrogens is 380 g/mol. The van der Waals surface area contributed by atoms with Crippen LogP contribution in [0.15, 0.2) is 48.5 Å². The second-order valence-electron chi connectivity index (χ2n) is 6.86. The number of hydrogen-bond donors (Lipinski definition) is 2. The van der Waals surface area contributed by atoms with Crippen molar-refractivity contribution in [2.45, 2.75) is 31.6 Å². The first-order valence-corrected chi connectivity index (χ1v) is 10.7. The summed E-state index contributed by atoms with van der Waals surface area (Å²) in [6.07, 6.45) is 0.953. The molecule has 7 nitrogen and oxygen atoms in total. The molecule has 3 rings (SSSR count). The van der Waals surface area contributed by atoms with Crippen LogP contribution in [0.3, 0.4) is 0 Å². The Kier molecular flexibility index (Phi) is 6.21. The average Bonchev–Trinajstić information content (AvgIpc) is 3.16. The first kappa shape index (κ1) is 20.2. The molecule has 2 N–H and O–H groups in total. The van der Waals surface area contributed by atoms with Crippen LogP contribution >= 0.6 is 0 Å². The van der Waals surface area contributed by atoms with E-state index in [4.69, 9.17) is 9.47 Å². The van der Waals surface area contributed by atoms with Crippen LogP contribution in [0.2, 0.25) is 0 Å². The number of hydrogen-bond acceptors (Lipinski definition) is 5. The zero-order valence-corrected chi connectivity index (χ0v) is 16.7. The van der Waals surface area contributed by atoms with E-state index in [-0.39, 0.29) is 12.0 Å². The van der Waals surface area contributed by atoms with Gasteiger partial charge in [0.2, 0.25) is 10.0 Å². The van der Waals surface area contributed by atoms with Gasteiger partial charge < -0.3 is 14.8 Å². The Hall–Kier alpha value is -2.58. The molecule has 2 aromatic rings.